The van der Waals surface area contributed by atoms with Gasteiger partial charge < -0.3 is 9.47 Å². The summed E-state index contributed by atoms with van der Waals surface area (Å²) < 4.78 is 11.7. The average molecular weight is 289 g/mol. The minimum Gasteiger partial charge on any atom is -0.311 e. The lowest BCUT2D eigenvalue weighted by molar-refractivity contribution is -0.678. The summed E-state index contributed by atoms with van der Waals surface area (Å²) in [4.78, 5) is 2.97. The second-order valence-electron chi connectivity index (χ2n) is 6.28. The van der Waals surface area contributed by atoms with E-state index in [4.69, 9.17) is 15.2 Å². The van der Waals surface area contributed by atoms with Crippen LogP contribution in [0.25, 0.3) is 0 Å². The number of nitrogens with one attached hydrogen (secondary N) is 1. The maximum Gasteiger partial charge on any atom is 0.343 e. The molecule has 3 N–H and O–H groups in total. The number of rotatable bonds is 4. The number of hydrogen-bond donors (Lipinski definition) is 2. The number of hydrogen-bond acceptors (Lipinski definition) is 5. The standard InChI is InChI=1S/C15H20N4O2/c1-3-4-5-6-11-13(8-16)12(18)19-15(14(11,13)9-17)20-7-10(2)21-15/h10-11H,3-7H2,1-2H3,(H2,18,19)/p+1/t10-,11-,13+,14+,15+/m0/s1. The van der Waals surface area contributed by atoms with E-state index in [1.807, 2.05) is 6.92 Å². The molecule has 1 saturated carbocycles. The van der Waals surface area contributed by atoms with Gasteiger partial charge in [-0.25, -0.2) is 4.99 Å². The zero-order valence-electron chi connectivity index (χ0n) is 12.5. The van der Waals surface area contributed by atoms with E-state index in [2.05, 4.69) is 24.1 Å². The van der Waals surface area contributed by atoms with Gasteiger partial charge in [-0.3, -0.25) is 5.73 Å². The van der Waals surface area contributed by atoms with Gasteiger partial charge in [0.05, 0.1) is 24.8 Å². The van der Waals surface area contributed by atoms with Gasteiger partial charge in [-0.2, -0.15) is 10.5 Å². The third kappa shape index (κ3) is 1.40. The molecule has 0 aromatic carbocycles. The normalized spacial score (nSPS) is 46.8. The van der Waals surface area contributed by atoms with Crippen LogP contribution < -0.4 is 10.7 Å². The minimum atomic E-state index is -1.25. The highest BCUT2D eigenvalue weighted by molar-refractivity contribution is 5.93. The summed E-state index contributed by atoms with van der Waals surface area (Å²) in [6.07, 6.45) is 3.82. The molecule has 0 amide bonds. The molecule has 6 nitrogen and oxygen atoms in total. The Bertz CT molecular complexity index is 577. The van der Waals surface area contributed by atoms with Gasteiger partial charge in [0.1, 0.15) is 0 Å². The fourth-order valence-corrected chi connectivity index (χ4v) is 4.17. The molecule has 0 unspecified atom stereocenters. The van der Waals surface area contributed by atoms with Gasteiger partial charge in [-0.05, 0) is 13.3 Å². The van der Waals surface area contributed by atoms with Crippen molar-refractivity contribution in [3.8, 4) is 12.1 Å². The molecule has 1 saturated heterocycles. The second-order valence-corrected chi connectivity index (χ2v) is 6.28. The van der Waals surface area contributed by atoms with E-state index >= 15 is 0 Å². The number of unbranched alkanes of at least 4 members (excludes halogenated alkanes) is 2. The van der Waals surface area contributed by atoms with E-state index in [0.29, 0.717) is 12.4 Å². The summed E-state index contributed by atoms with van der Waals surface area (Å²) in [5, 5.41) is 19.6. The Labute approximate surface area is 124 Å². The zero-order chi connectivity index (χ0) is 15.3. The van der Waals surface area contributed by atoms with E-state index in [0.717, 1.165) is 25.7 Å². The summed E-state index contributed by atoms with van der Waals surface area (Å²) in [6.45, 7) is 4.41. The topological polar surface area (TPSA) is 106 Å². The number of nitriles is 2. The van der Waals surface area contributed by atoms with Crippen LogP contribution in [0.3, 0.4) is 0 Å². The van der Waals surface area contributed by atoms with E-state index in [-0.39, 0.29) is 12.0 Å². The maximum absolute atomic E-state index is 9.85. The first kappa shape index (κ1) is 14.3. The number of amidine groups is 1. The van der Waals surface area contributed by atoms with Crippen LogP contribution in [0.2, 0.25) is 0 Å². The Morgan fingerprint density at radius 1 is 1.38 bits per heavy atom. The summed E-state index contributed by atoms with van der Waals surface area (Å²) >= 11 is 0. The molecule has 2 heterocycles. The lowest BCUT2D eigenvalue weighted by Crippen LogP contribution is -2.90. The molecular formula is C15H21N4O2+. The largest absolute Gasteiger partial charge is 0.343 e. The van der Waals surface area contributed by atoms with Gasteiger partial charge in [0.25, 0.3) is 5.84 Å². The van der Waals surface area contributed by atoms with Crippen LogP contribution in [-0.4, -0.2) is 24.5 Å². The van der Waals surface area contributed by atoms with Crippen LogP contribution in [-0.2, 0) is 9.47 Å². The van der Waals surface area contributed by atoms with Crippen molar-refractivity contribution in [2.75, 3.05) is 6.61 Å². The maximum atomic E-state index is 9.85. The van der Waals surface area contributed by atoms with Crippen molar-refractivity contribution < 1.29 is 14.5 Å². The Morgan fingerprint density at radius 3 is 2.67 bits per heavy atom. The molecule has 0 aromatic rings. The Morgan fingerprint density at radius 2 is 2.14 bits per heavy atom. The van der Waals surface area contributed by atoms with Crippen LogP contribution in [0, 0.1) is 39.4 Å². The van der Waals surface area contributed by atoms with Crippen molar-refractivity contribution in [3.05, 3.63) is 0 Å². The monoisotopic (exact) mass is 289 g/mol. The van der Waals surface area contributed by atoms with E-state index in [1.165, 1.54) is 0 Å². The Hall–Kier alpha value is -1.63. The molecule has 3 rings (SSSR count). The van der Waals surface area contributed by atoms with Crippen molar-refractivity contribution in [2.45, 2.75) is 51.5 Å². The minimum absolute atomic E-state index is 0.123. The fraction of sp³-hybridized carbons (Fsp3) is 0.800. The third-order valence-electron chi connectivity index (χ3n) is 5.16. The first-order chi connectivity index (χ1) is 10.0. The molecule has 21 heavy (non-hydrogen) atoms. The molecule has 0 aromatic heterocycles. The molecule has 0 bridgehead atoms. The van der Waals surface area contributed by atoms with Crippen molar-refractivity contribution in [2.24, 2.45) is 22.5 Å². The molecular weight excluding hydrogens is 268 g/mol. The van der Waals surface area contributed by atoms with Crippen molar-refractivity contribution in [3.63, 3.8) is 0 Å². The molecule has 1 spiro atoms. The van der Waals surface area contributed by atoms with E-state index < -0.39 is 16.7 Å². The molecule has 2 fully saturated rings. The SMILES string of the molecule is CCCCC[C@@H]1[C@@]2(C#N)[C@@]3([NH+]=C(N)[C@@]12C#N)OC[C@H](C)O3. The first-order valence-corrected chi connectivity index (χ1v) is 7.60. The third-order valence-corrected chi connectivity index (χ3v) is 5.16. The predicted molar refractivity (Wildman–Crippen MR) is 73.1 cm³/mol. The molecule has 5 atom stereocenters. The van der Waals surface area contributed by atoms with Crippen LogP contribution in [0.4, 0.5) is 0 Å². The quantitative estimate of drug-likeness (QED) is 0.695. The first-order valence-electron chi connectivity index (χ1n) is 7.60. The highest BCUT2D eigenvalue weighted by atomic mass is 16.8. The number of nitrogens with zero attached hydrogens (tertiary/aromatic N) is 2. The van der Waals surface area contributed by atoms with Crippen LogP contribution in [0.15, 0.2) is 0 Å². The van der Waals surface area contributed by atoms with Gasteiger partial charge in [0, 0.05) is 5.92 Å². The summed E-state index contributed by atoms with van der Waals surface area (Å²) in [5.41, 5.74) is 4.08. The van der Waals surface area contributed by atoms with Gasteiger partial charge in [0.15, 0.2) is 10.8 Å². The molecule has 2 aliphatic heterocycles. The van der Waals surface area contributed by atoms with Crippen LogP contribution in [0.5, 0.6) is 0 Å². The molecule has 1 aliphatic carbocycles. The molecule has 3 aliphatic rings. The van der Waals surface area contributed by atoms with Gasteiger partial charge in [-0.15, -0.1) is 0 Å². The van der Waals surface area contributed by atoms with Crippen molar-refractivity contribution >= 4 is 5.84 Å². The number of fused-ring (bicyclic) bond motifs is 2. The predicted octanol–water partition coefficient (Wildman–Crippen LogP) is -0.243. The van der Waals surface area contributed by atoms with E-state index in [1.54, 1.807) is 0 Å². The fourth-order valence-electron chi connectivity index (χ4n) is 4.17. The summed E-state index contributed by atoms with van der Waals surface area (Å²) in [6, 6.07) is 4.62. The molecule has 6 heteroatoms. The average Bonchev–Trinajstić information content (AvgIpc) is 2.79. The molecule has 0 radical (unpaired) electrons. The number of ether oxygens (including phenoxy) is 2. The van der Waals surface area contributed by atoms with Gasteiger partial charge in [0.2, 0.25) is 0 Å². The smallest absolute Gasteiger partial charge is 0.311 e. The van der Waals surface area contributed by atoms with Crippen LogP contribution in [0.1, 0.15) is 39.5 Å². The van der Waals surface area contributed by atoms with Crippen LogP contribution >= 0.6 is 0 Å². The van der Waals surface area contributed by atoms with Crippen molar-refractivity contribution in [1.29, 1.82) is 10.5 Å². The summed E-state index contributed by atoms with van der Waals surface area (Å²) in [7, 11) is 0. The highest BCUT2D eigenvalue weighted by Crippen LogP contribution is 2.76. The van der Waals surface area contributed by atoms with Crippen molar-refractivity contribution in [1.82, 2.24) is 0 Å². The number of nitrogens with two attached hydrogens (primary N) is 1. The lowest BCUT2D eigenvalue weighted by Gasteiger charge is -2.23. The van der Waals surface area contributed by atoms with Gasteiger partial charge in [-0.1, -0.05) is 26.2 Å². The zero-order valence-corrected chi connectivity index (χ0v) is 12.5. The van der Waals surface area contributed by atoms with Gasteiger partial charge >= 0.3 is 5.91 Å². The highest BCUT2D eigenvalue weighted by Gasteiger charge is 2.96. The lowest BCUT2D eigenvalue weighted by atomic mass is 9.94. The van der Waals surface area contributed by atoms with E-state index in [9.17, 15) is 10.5 Å². The molecule has 112 valence electrons. The Balaban J connectivity index is 1.98. The second kappa shape index (κ2) is 4.43. The Kier molecular flexibility index (Phi) is 3.02. The summed E-state index contributed by atoms with van der Waals surface area (Å²) in [5.74, 6) is -1.06.